The molecule has 0 saturated heterocycles. The summed E-state index contributed by atoms with van der Waals surface area (Å²) in [5.41, 5.74) is 8.83. The van der Waals surface area contributed by atoms with Gasteiger partial charge in [-0.1, -0.05) is 23.7 Å². The van der Waals surface area contributed by atoms with E-state index in [0.29, 0.717) is 6.54 Å². The van der Waals surface area contributed by atoms with Crippen molar-refractivity contribution in [3.05, 3.63) is 58.1 Å². The number of halogens is 1. The molecule has 0 unspecified atom stereocenters. The predicted octanol–water partition coefficient (Wildman–Crippen LogP) is 4.25. The van der Waals surface area contributed by atoms with E-state index in [9.17, 15) is 0 Å². The van der Waals surface area contributed by atoms with Gasteiger partial charge < -0.3 is 10.5 Å². The summed E-state index contributed by atoms with van der Waals surface area (Å²) < 4.78 is 5.98. The fourth-order valence-electron chi connectivity index (χ4n) is 2.11. The standard InChI is InChI=1S/C16H18ClNO/c1-11-8-14(17)9-12(2)16(11)19-15-5-3-4-13(10-15)6-7-18/h3-5,8-10H,6-7,18H2,1-2H3. The Morgan fingerprint density at radius 2 is 1.79 bits per heavy atom. The highest BCUT2D eigenvalue weighted by Gasteiger charge is 2.07. The molecule has 2 aromatic carbocycles. The molecule has 0 aliphatic rings. The quantitative estimate of drug-likeness (QED) is 0.905. The molecule has 100 valence electrons. The molecule has 3 heteroatoms. The highest BCUT2D eigenvalue weighted by Crippen LogP contribution is 2.31. The van der Waals surface area contributed by atoms with Gasteiger partial charge in [0.1, 0.15) is 11.5 Å². The Labute approximate surface area is 119 Å². The highest BCUT2D eigenvalue weighted by molar-refractivity contribution is 6.30. The summed E-state index contributed by atoms with van der Waals surface area (Å²) >= 11 is 6.02. The van der Waals surface area contributed by atoms with Crippen molar-refractivity contribution in [1.29, 1.82) is 0 Å². The number of ether oxygens (including phenoxy) is 1. The maximum absolute atomic E-state index is 6.02. The van der Waals surface area contributed by atoms with Crippen LogP contribution in [0, 0.1) is 13.8 Å². The number of nitrogens with two attached hydrogens (primary N) is 1. The van der Waals surface area contributed by atoms with Crippen molar-refractivity contribution >= 4 is 11.6 Å². The van der Waals surface area contributed by atoms with E-state index in [1.54, 1.807) is 0 Å². The average molecular weight is 276 g/mol. The van der Waals surface area contributed by atoms with Gasteiger partial charge in [0.2, 0.25) is 0 Å². The van der Waals surface area contributed by atoms with E-state index in [1.165, 1.54) is 5.56 Å². The number of hydrogen-bond donors (Lipinski definition) is 1. The van der Waals surface area contributed by atoms with E-state index in [2.05, 4.69) is 6.07 Å². The lowest BCUT2D eigenvalue weighted by Crippen LogP contribution is -2.02. The lowest BCUT2D eigenvalue weighted by Gasteiger charge is -2.13. The normalized spacial score (nSPS) is 10.5. The molecule has 0 aliphatic heterocycles. The van der Waals surface area contributed by atoms with Crippen LogP contribution in [0.5, 0.6) is 11.5 Å². The molecule has 0 amide bonds. The SMILES string of the molecule is Cc1cc(Cl)cc(C)c1Oc1cccc(CCN)c1. The van der Waals surface area contributed by atoms with E-state index in [4.69, 9.17) is 22.1 Å². The van der Waals surface area contributed by atoms with Crippen LogP contribution in [0.15, 0.2) is 36.4 Å². The number of benzene rings is 2. The van der Waals surface area contributed by atoms with Crippen molar-refractivity contribution < 1.29 is 4.74 Å². The molecule has 0 atom stereocenters. The van der Waals surface area contributed by atoms with Crippen LogP contribution in [0.3, 0.4) is 0 Å². The van der Waals surface area contributed by atoms with Crippen LogP contribution >= 0.6 is 11.6 Å². The van der Waals surface area contributed by atoms with Gasteiger partial charge in [-0.25, -0.2) is 0 Å². The molecule has 0 bridgehead atoms. The van der Waals surface area contributed by atoms with Crippen molar-refractivity contribution in [2.45, 2.75) is 20.3 Å². The summed E-state index contributed by atoms with van der Waals surface area (Å²) in [6.45, 7) is 4.64. The Kier molecular flexibility index (Phi) is 4.46. The first kappa shape index (κ1) is 13.9. The maximum atomic E-state index is 6.02. The molecule has 2 N–H and O–H groups in total. The molecule has 0 saturated carbocycles. The summed E-state index contributed by atoms with van der Waals surface area (Å²) in [5.74, 6) is 1.70. The fraction of sp³-hybridized carbons (Fsp3) is 0.250. The van der Waals surface area contributed by atoms with Crippen molar-refractivity contribution in [3.63, 3.8) is 0 Å². The summed E-state index contributed by atoms with van der Waals surface area (Å²) in [4.78, 5) is 0. The molecule has 2 rings (SSSR count). The minimum absolute atomic E-state index is 0.641. The zero-order valence-corrected chi connectivity index (χ0v) is 12.0. The topological polar surface area (TPSA) is 35.2 Å². The number of hydrogen-bond acceptors (Lipinski definition) is 2. The third-order valence-electron chi connectivity index (χ3n) is 2.98. The molecule has 2 nitrogen and oxygen atoms in total. The largest absolute Gasteiger partial charge is 0.457 e. The number of rotatable bonds is 4. The van der Waals surface area contributed by atoms with Crippen LogP contribution in [0.2, 0.25) is 5.02 Å². The van der Waals surface area contributed by atoms with Crippen LogP contribution < -0.4 is 10.5 Å². The monoisotopic (exact) mass is 275 g/mol. The second-order valence-corrected chi connectivity index (χ2v) is 5.09. The second kappa shape index (κ2) is 6.09. The van der Waals surface area contributed by atoms with Gasteiger partial charge in [-0.3, -0.25) is 0 Å². The summed E-state index contributed by atoms with van der Waals surface area (Å²) in [6.07, 6.45) is 0.857. The molecule has 0 fully saturated rings. The molecule has 0 spiro atoms. The van der Waals surface area contributed by atoms with E-state index in [1.807, 2.05) is 44.2 Å². The van der Waals surface area contributed by atoms with Gasteiger partial charge in [0, 0.05) is 5.02 Å². The first-order chi connectivity index (χ1) is 9.10. The van der Waals surface area contributed by atoms with Gasteiger partial charge in [-0.15, -0.1) is 0 Å². The lowest BCUT2D eigenvalue weighted by atomic mass is 10.1. The van der Waals surface area contributed by atoms with Crippen molar-refractivity contribution in [1.82, 2.24) is 0 Å². The zero-order valence-electron chi connectivity index (χ0n) is 11.2. The van der Waals surface area contributed by atoms with Crippen molar-refractivity contribution in [3.8, 4) is 11.5 Å². The molecule has 0 aliphatic carbocycles. The van der Waals surface area contributed by atoms with E-state index >= 15 is 0 Å². The highest BCUT2D eigenvalue weighted by atomic mass is 35.5. The molecule has 2 aromatic rings. The minimum Gasteiger partial charge on any atom is -0.457 e. The zero-order chi connectivity index (χ0) is 13.8. The predicted molar refractivity (Wildman–Crippen MR) is 80.2 cm³/mol. The van der Waals surface area contributed by atoms with Crippen LogP contribution in [-0.4, -0.2) is 6.54 Å². The Hall–Kier alpha value is -1.51. The Morgan fingerprint density at radius 1 is 1.11 bits per heavy atom. The Balaban J connectivity index is 2.28. The molecule has 19 heavy (non-hydrogen) atoms. The third-order valence-corrected chi connectivity index (χ3v) is 3.19. The van der Waals surface area contributed by atoms with Crippen LogP contribution in [0.4, 0.5) is 0 Å². The van der Waals surface area contributed by atoms with Crippen molar-refractivity contribution in [2.24, 2.45) is 5.73 Å². The Morgan fingerprint density at radius 3 is 2.42 bits per heavy atom. The summed E-state index contributed by atoms with van der Waals surface area (Å²) in [6, 6.07) is 11.8. The lowest BCUT2D eigenvalue weighted by molar-refractivity contribution is 0.474. The molecular weight excluding hydrogens is 258 g/mol. The first-order valence-electron chi connectivity index (χ1n) is 6.34. The van der Waals surface area contributed by atoms with Gasteiger partial charge in [-0.05, 0) is 67.8 Å². The maximum Gasteiger partial charge on any atom is 0.133 e. The van der Waals surface area contributed by atoms with Crippen LogP contribution in [0.25, 0.3) is 0 Å². The van der Waals surface area contributed by atoms with E-state index < -0.39 is 0 Å². The van der Waals surface area contributed by atoms with Gasteiger partial charge in [0.15, 0.2) is 0 Å². The third kappa shape index (κ3) is 3.49. The smallest absolute Gasteiger partial charge is 0.133 e. The average Bonchev–Trinajstić information content (AvgIpc) is 2.35. The Bertz CT molecular complexity index is 558. The van der Waals surface area contributed by atoms with Crippen LogP contribution in [0.1, 0.15) is 16.7 Å². The second-order valence-electron chi connectivity index (χ2n) is 4.66. The fourth-order valence-corrected chi connectivity index (χ4v) is 2.43. The molecule has 0 heterocycles. The minimum atomic E-state index is 0.641. The summed E-state index contributed by atoms with van der Waals surface area (Å²) in [5, 5.41) is 0.735. The van der Waals surface area contributed by atoms with Gasteiger partial charge in [0.05, 0.1) is 0 Å². The molecule has 0 aromatic heterocycles. The van der Waals surface area contributed by atoms with E-state index in [0.717, 1.165) is 34.1 Å². The number of aryl methyl sites for hydroxylation is 2. The molecular formula is C16H18ClNO. The van der Waals surface area contributed by atoms with E-state index in [-0.39, 0.29) is 0 Å². The summed E-state index contributed by atoms with van der Waals surface area (Å²) in [7, 11) is 0. The molecule has 0 radical (unpaired) electrons. The van der Waals surface area contributed by atoms with Gasteiger partial charge in [-0.2, -0.15) is 0 Å². The van der Waals surface area contributed by atoms with Crippen LogP contribution in [-0.2, 0) is 6.42 Å². The van der Waals surface area contributed by atoms with Crippen molar-refractivity contribution in [2.75, 3.05) is 6.54 Å². The first-order valence-corrected chi connectivity index (χ1v) is 6.71. The van der Waals surface area contributed by atoms with Gasteiger partial charge >= 0.3 is 0 Å². The van der Waals surface area contributed by atoms with Gasteiger partial charge in [0.25, 0.3) is 0 Å².